The molecule has 0 unspecified atom stereocenters. The van der Waals surface area contributed by atoms with Gasteiger partial charge in [0.15, 0.2) is 0 Å². The summed E-state index contributed by atoms with van der Waals surface area (Å²) in [6.45, 7) is 2.89. The number of nitrogens with zero attached hydrogens (tertiary/aromatic N) is 3. The van der Waals surface area contributed by atoms with Crippen LogP contribution in [0.25, 0.3) is 27.0 Å². The van der Waals surface area contributed by atoms with E-state index < -0.39 is 0 Å². The van der Waals surface area contributed by atoms with Gasteiger partial charge in [0.25, 0.3) is 0 Å². The molecule has 0 aliphatic rings. The highest BCUT2D eigenvalue weighted by Gasteiger charge is 2.10. The minimum Gasteiger partial charge on any atom is -0.356 e. The normalized spacial score (nSPS) is 11.3. The van der Waals surface area contributed by atoms with Crippen molar-refractivity contribution in [3.05, 3.63) is 84.1 Å². The first-order valence-electron chi connectivity index (χ1n) is 8.90. The third-order valence-electron chi connectivity index (χ3n) is 4.78. The molecule has 0 saturated carbocycles. The van der Waals surface area contributed by atoms with E-state index in [1.165, 1.54) is 21.9 Å². The fraction of sp³-hybridized carbons (Fsp3) is 0.0909. The van der Waals surface area contributed by atoms with Gasteiger partial charge in [0.05, 0.1) is 11.9 Å². The first-order valence-corrected chi connectivity index (χ1v) is 9.72. The molecule has 5 rings (SSSR count). The Labute approximate surface area is 161 Å². The van der Waals surface area contributed by atoms with Gasteiger partial charge in [-0.25, -0.2) is 9.50 Å². The number of aryl methyl sites for hydroxylation is 1. The minimum absolute atomic E-state index is 0.765. The Morgan fingerprint density at radius 1 is 0.963 bits per heavy atom. The van der Waals surface area contributed by atoms with Crippen LogP contribution in [0.4, 0.5) is 5.13 Å². The second-order valence-electron chi connectivity index (χ2n) is 6.60. The van der Waals surface area contributed by atoms with Crippen LogP contribution in [-0.4, -0.2) is 14.6 Å². The molecule has 0 saturated heterocycles. The standard InChI is InChI=1S/C22H18N4S/c1-15-6-2-3-9-19(15)13-23-21-25-26-14-20(24-22(26)27-21)18-11-10-16-7-4-5-8-17(16)12-18/h2-12,14H,13H2,1H3,(H,23,25). The summed E-state index contributed by atoms with van der Waals surface area (Å²) in [6, 6.07) is 23.2. The molecule has 0 bridgehead atoms. The predicted molar refractivity (Wildman–Crippen MR) is 112 cm³/mol. The van der Waals surface area contributed by atoms with Crippen molar-refractivity contribution >= 4 is 32.2 Å². The lowest BCUT2D eigenvalue weighted by molar-refractivity contribution is 0.960. The molecule has 1 N–H and O–H groups in total. The van der Waals surface area contributed by atoms with Crippen LogP contribution < -0.4 is 5.32 Å². The first kappa shape index (κ1) is 16.0. The highest BCUT2D eigenvalue weighted by Crippen LogP contribution is 2.27. The number of imidazole rings is 1. The maximum absolute atomic E-state index is 4.76. The molecule has 4 nitrogen and oxygen atoms in total. The molecule has 0 aliphatic carbocycles. The lowest BCUT2D eigenvalue weighted by Gasteiger charge is -2.05. The molecule has 5 aromatic rings. The fourth-order valence-corrected chi connectivity index (χ4v) is 4.02. The summed E-state index contributed by atoms with van der Waals surface area (Å²) in [5.41, 5.74) is 4.62. The summed E-state index contributed by atoms with van der Waals surface area (Å²) in [4.78, 5) is 5.66. The summed E-state index contributed by atoms with van der Waals surface area (Å²) in [5, 5.41) is 11.4. The van der Waals surface area contributed by atoms with Gasteiger partial charge in [0.2, 0.25) is 10.1 Å². The number of fused-ring (bicyclic) bond motifs is 2. The number of aromatic nitrogens is 3. The molecular formula is C22H18N4S. The van der Waals surface area contributed by atoms with Gasteiger partial charge < -0.3 is 5.32 Å². The third kappa shape index (κ3) is 3.06. The average Bonchev–Trinajstić information content (AvgIpc) is 3.26. The van der Waals surface area contributed by atoms with E-state index in [-0.39, 0.29) is 0 Å². The van der Waals surface area contributed by atoms with Crippen molar-refractivity contribution in [1.29, 1.82) is 0 Å². The average molecular weight is 370 g/mol. The Morgan fingerprint density at radius 2 is 1.78 bits per heavy atom. The number of hydrogen-bond acceptors (Lipinski definition) is 4. The topological polar surface area (TPSA) is 42.2 Å². The molecular weight excluding hydrogens is 352 g/mol. The zero-order chi connectivity index (χ0) is 18.2. The van der Waals surface area contributed by atoms with E-state index >= 15 is 0 Å². The largest absolute Gasteiger partial charge is 0.356 e. The number of benzene rings is 3. The van der Waals surface area contributed by atoms with E-state index in [1.807, 2.05) is 10.7 Å². The molecule has 0 fully saturated rings. The quantitative estimate of drug-likeness (QED) is 0.452. The van der Waals surface area contributed by atoms with Crippen LogP contribution in [0.5, 0.6) is 0 Å². The van der Waals surface area contributed by atoms with Crippen molar-refractivity contribution in [3.8, 4) is 11.3 Å². The number of hydrogen-bond donors (Lipinski definition) is 1. The van der Waals surface area contributed by atoms with Crippen molar-refractivity contribution in [1.82, 2.24) is 14.6 Å². The van der Waals surface area contributed by atoms with Crippen molar-refractivity contribution in [2.45, 2.75) is 13.5 Å². The van der Waals surface area contributed by atoms with E-state index in [0.717, 1.165) is 27.9 Å². The molecule has 27 heavy (non-hydrogen) atoms. The Kier molecular flexibility index (Phi) is 3.87. The molecule has 0 amide bonds. The summed E-state index contributed by atoms with van der Waals surface area (Å²) in [5.74, 6) is 0. The van der Waals surface area contributed by atoms with Crippen LogP contribution in [0.2, 0.25) is 0 Å². The summed E-state index contributed by atoms with van der Waals surface area (Å²) < 4.78 is 1.86. The summed E-state index contributed by atoms with van der Waals surface area (Å²) >= 11 is 1.57. The van der Waals surface area contributed by atoms with Crippen molar-refractivity contribution < 1.29 is 0 Å². The molecule has 0 aliphatic heterocycles. The highest BCUT2D eigenvalue weighted by atomic mass is 32.1. The molecule has 5 heteroatoms. The van der Waals surface area contributed by atoms with Gasteiger partial charge >= 0.3 is 0 Å². The minimum atomic E-state index is 0.765. The molecule has 2 aromatic heterocycles. The summed E-state index contributed by atoms with van der Waals surface area (Å²) in [7, 11) is 0. The van der Waals surface area contributed by atoms with E-state index in [2.05, 4.69) is 84.1 Å². The van der Waals surface area contributed by atoms with E-state index in [1.54, 1.807) is 11.3 Å². The molecule has 0 spiro atoms. The molecule has 0 atom stereocenters. The van der Waals surface area contributed by atoms with E-state index in [4.69, 9.17) is 4.98 Å². The van der Waals surface area contributed by atoms with Gasteiger partial charge in [-0.2, -0.15) is 0 Å². The number of anilines is 1. The van der Waals surface area contributed by atoms with Crippen LogP contribution in [-0.2, 0) is 6.54 Å². The maximum atomic E-state index is 4.76. The molecule has 2 heterocycles. The zero-order valence-corrected chi connectivity index (χ0v) is 15.7. The lowest BCUT2D eigenvalue weighted by Crippen LogP contribution is -2.01. The highest BCUT2D eigenvalue weighted by molar-refractivity contribution is 7.20. The van der Waals surface area contributed by atoms with Crippen molar-refractivity contribution in [2.75, 3.05) is 5.32 Å². The Morgan fingerprint density at radius 3 is 2.63 bits per heavy atom. The molecule has 132 valence electrons. The van der Waals surface area contributed by atoms with Gasteiger partial charge in [-0.3, -0.25) is 0 Å². The number of rotatable bonds is 4. The van der Waals surface area contributed by atoms with Gasteiger partial charge in [-0.15, -0.1) is 5.10 Å². The lowest BCUT2D eigenvalue weighted by atomic mass is 10.1. The van der Waals surface area contributed by atoms with Crippen LogP contribution in [0.3, 0.4) is 0 Å². The summed E-state index contributed by atoms with van der Waals surface area (Å²) in [6.07, 6.45) is 1.99. The van der Waals surface area contributed by atoms with E-state index in [9.17, 15) is 0 Å². The van der Waals surface area contributed by atoms with Gasteiger partial charge in [-0.1, -0.05) is 72.0 Å². The Bertz CT molecular complexity index is 1220. The van der Waals surface area contributed by atoms with E-state index in [0.29, 0.717) is 0 Å². The first-order chi connectivity index (χ1) is 13.3. The fourth-order valence-electron chi connectivity index (χ4n) is 3.24. The Hall–Kier alpha value is -3.18. The molecule has 3 aromatic carbocycles. The smallest absolute Gasteiger partial charge is 0.214 e. The number of nitrogens with one attached hydrogen (secondary N) is 1. The van der Waals surface area contributed by atoms with Crippen molar-refractivity contribution in [2.24, 2.45) is 0 Å². The predicted octanol–water partition coefficient (Wildman–Crippen LogP) is 5.53. The Balaban J connectivity index is 1.40. The van der Waals surface area contributed by atoms with Crippen LogP contribution in [0.15, 0.2) is 72.9 Å². The third-order valence-corrected chi connectivity index (χ3v) is 5.66. The van der Waals surface area contributed by atoms with Crippen molar-refractivity contribution in [3.63, 3.8) is 0 Å². The van der Waals surface area contributed by atoms with Crippen LogP contribution in [0, 0.1) is 6.92 Å². The maximum Gasteiger partial charge on any atom is 0.214 e. The van der Waals surface area contributed by atoms with Gasteiger partial charge in [0, 0.05) is 12.1 Å². The SMILES string of the molecule is Cc1ccccc1CNc1nn2cc(-c3ccc4ccccc4c3)nc2s1. The zero-order valence-electron chi connectivity index (χ0n) is 14.9. The van der Waals surface area contributed by atoms with Crippen LogP contribution >= 0.6 is 11.3 Å². The second-order valence-corrected chi connectivity index (χ2v) is 7.56. The monoisotopic (exact) mass is 370 g/mol. The van der Waals surface area contributed by atoms with Gasteiger partial charge in [-0.05, 0) is 34.9 Å². The second kappa shape index (κ2) is 6.52. The van der Waals surface area contributed by atoms with Crippen LogP contribution in [0.1, 0.15) is 11.1 Å². The van der Waals surface area contributed by atoms with Gasteiger partial charge in [0.1, 0.15) is 0 Å². The molecule has 0 radical (unpaired) electrons.